The number of ether oxygens (including phenoxy) is 1. The van der Waals surface area contributed by atoms with Gasteiger partial charge in [-0.05, 0) is 24.5 Å². The summed E-state index contributed by atoms with van der Waals surface area (Å²) in [5.41, 5.74) is 0. The molecule has 0 unspecified atom stereocenters. The number of para-hydroxylation sites is 1. The van der Waals surface area contributed by atoms with Gasteiger partial charge in [0.15, 0.2) is 5.16 Å². The lowest BCUT2D eigenvalue weighted by Crippen LogP contribution is -2.12. The molecule has 0 aliphatic heterocycles. The van der Waals surface area contributed by atoms with Crippen molar-refractivity contribution in [2.45, 2.75) is 5.16 Å². The van der Waals surface area contributed by atoms with Gasteiger partial charge < -0.3 is 10.1 Å². The first kappa shape index (κ1) is 12.7. The molecule has 0 aliphatic rings. The van der Waals surface area contributed by atoms with Crippen molar-refractivity contribution in [2.24, 2.45) is 0 Å². The third-order valence-corrected chi connectivity index (χ3v) is 2.80. The summed E-state index contributed by atoms with van der Waals surface area (Å²) in [6.07, 6.45) is 3.71. The fourth-order valence-corrected chi connectivity index (χ4v) is 1.76. The molecule has 0 amide bonds. The minimum Gasteiger partial charge on any atom is -0.492 e. The van der Waals surface area contributed by atoms with Crippen LogP contribution in [0, 0.1) is 0 Å². The summed E-state index contributed by atoms with van der Waals surface area (Å²) in [6.45, 7) is 1.31. The van der Waals surface area contributed by atoms with Crippen molar-refractivity contribution < 1.29 is 4.74 Å². The van der Waals surface area contributed by atoms with E-state index in [-0.39, 0.29) is 0 Å². The van der Waals surface area contributed by atoms with Gasteiger partial charge in [-0.15, -0.1) is 0 Å². The van der Waals surface area contributed by atoms with Gasteiger partial charge in [0.25, 0.3) is 0 Å². The normalized spacial score (nSPS) is 10.1. The second kappa shape index (κ2) is 6.86. The van der Waals surface area contributed by atoms with Crippen molar-refractivity contribution >= 4 is 17.6 Å². The lowest BCUT2D eigenvalue weighted by atomic mass is 10.3. The topological polar surface area (TPSA) is 47.0 Å². The second-order valence-electron chi connectivity index (χ2n) is 3.52. The Balaban J connectivity index is 1.75. The van der Waals surface area contributed by atoms with E-state index in [1.165, 1.54) is 11.8 Å². The number of benzene rings is 1. The Morgan fingerprint density at radius 3 is 2.83 bits per heavy atom. The predicted octanol–water partition coefficient (Wildman–Crippen LogP) is 2.69. The lowest BCUT2D eigenvalue weighted by Gasteiger charge is -2.08. The standard InChI is InChI=1S/C13H15N3OS/c1-18-13-15-8-7-12(16-13)14-9-10-17-11-5-3-2-4-6-11/h2-8H,9-10H2,1H3,(H,14,15,16). The third kappa shape index (κ3) is 3.92. The Morgan fingerprint density at radius 2 is 2.06 bits per heavy atom. The van der Waals surface area contributed by atoms with E-state index in [0.717, 1.165) is 16.7 Å². The molecule has 94 valence electrons. The summed E-state index contributed by atoms with van der Waals surface area (Å²) in [7, 11) is 0. The molecule has 1 aromatic carbocycles. The number of nitrogens with one attached hydrogen (secondary N) is 1. The Bertz CT molecular complexity index is 479. The fraction of sp³-hybridized carbons (Fsp3) is 0.231. The molecule has 2 rings (SSSR count). The number of rotatable bonds is 6. The molecule has 2 aromatic rings. The van der Waals surface area contributed by atoms with E-state index < -0.39 is 0 Å². The Morgan fingerprint density at radius 1 is 1.22 bits per heavy atom. The SMILES string of the molecule is CSc1nccc(NCCOc2ccccc2)n1. The van der Waals surface area contributed by atoms with E-state index in [2.05, 4.69) is 15.3 Å². The van der Waals surface area contributed by atoms with Crippen LogP contribution in [0.1, 0.15) is 0 Å². The molecule has 5 heteroatoms. The van der Waals surface area contributed by atoms with Crippen LogP contribution in [0.5, 0.6) is 5.75 Å². The van der Waals surface area contributed by atoms with Gasteiger partial charge in [0, 0.05) is 6.20 Å². The minimum atomic E-state index is 0.600. The highest BCUT2D eigenvalue weighted by Gasteiger charge is 1.97. The molecule has 0 bridgehead atoms. The molecule has 4 nitrogen and oxygen atoms in total. The average Bonchev–Trinajstić information content (AvgIpc) is 2.45. The molecule has 0 aliphatic carbocycles. The van der Waals surface area contributed by atoms with Crippen LogP contribution in [0.3, 0.4) is 0 Å². The van der Waals surface area contributed by atoms with E-state index in [0.29, 0.717) is 13.2 Å². The summed E-state index contributed by atoms with van der Waals surface area (Å²) in [5, 5.41) is 3.97. The Labute approximate surface area is 111 Å². The van der Waals surface area contributed by atoms with Gasteiger partial charge in [0.05, 0.1) is 6.54 Å². The molecule has 0 atom stereocenters. The van der Waals surface area contributed by atoms with Gasteiger partial charge >= 0.3 is 0 Å². The highest BCUT2D eigenvalue weighted by atomic mass is 32.2. The molecular weight excluding hydrogens is 246 g/mol. The average molecular weight is 261 g/mol. The van der Waals surface area contributed by atoms with Gasteiger partial charge in [0.2, 0.25) is 0 Å². The summed E-state index contributed by atoms with van der Waals surface area (Å²) < 4.78 is 5.57. The molecule has 0 spiro atoms. The monoisotopic (exact) mass is 261 g/mol. The lowest BCUT2D eigenvalue weighted by molar-refractivity contribution is 0.332. The van der Waals surface area contributed by atoms with E-state index in [4.69, 9.17) is 4.74 Å². The van der Waals surface area contributed by atoms with E-state index in [9.17, 15) is 0 Å². The highest BCUT2D eigenvalue weighted by molar-refractivity contribution is 7.98. The molecule has 0 saturated heterocycles. The summed E-state index contributed by atoms with van der Waals surface area (Å²) in [4.78, 5) is 8.44. The maximum atomic E-state index is 5.57. The molecule has 0 radical (unpaired) electrons. The first-order chi connectivity index (χ1) is 8.88. The highest BCUT2D eigenvalue weighted by Crippen LogP contribution is 2.11. The van der Waals surface area contributed by atoms with Crippen LogP contribution in [-0.4, -0.2) is 29.4 Å². The smallest absolute Gasteiger partial charge is 0.189 e. The molecule has 1 N–H and O–H groups in total. The Kier molecular flexibility index (Phi) is 4.84. The zero-order valence-corrected chi connectivity index (χ0v) is 11.0. The zero-order valence-electron chi connectivity index (χ0n) is 10.2. The summed E-state index contributed by atoms with van der Waals surface area (Å²) in [6, 6.07) is 11.6. The number of anilines is 1. The van der Waals surface area contributed by atoms with Gasteiger partial charge in [-0.1, -0.05) is 30.0 Å². The van der Waals surface area contributed by atoms with Crippen molar-refractivity contribution in [3.63, 3.8) is 0 Å². The molecule has 18 heavy (non-hydrogen) atoms. The number of aromatic nitrogens is 2. The first-order valence-electron chi connectivity index (χ1n) is 5.67. The van der Waals surface area contributed by atoms with Crippen molar-refractivity contribution in [3.05, 3.63) is 42.6 Å². The second-order valence-corrected chi connectivity index (χ2v) is 4.29. The van der Waals surface area contributed by atoms with Gasteiger partial charge in [-0.25, -0.2) is 9.97 Å². The van der Waals surface area contributed by atoms with Crippen molar-refractivity contribution in [2.75, 3.05) is 24.7 Å². The molecule has 1 heterocycles. The van der Waals surface area contributed by atoms with Crippen LogP contribution < -0.4 is 10.1 Å². The number of thioether (sulfide) groups is 1. The maximum absolute atomic E-state index is 5.57. The third-order valence-electron chi connectivity index (χ3n) is 2.24. The van der Waals surface area contributed by atoms with Crippen LogP contribution in [0.15, 0.2) is 47.8 Å². The maximum Gasteiger partial charge on any atom is 0.189 e. The fourth-order valence-electron chi connectivity index (χ4n) is 1.40. The van der Waals surface area contributed by atoms with E-state index in [1.807, 2.05) is 42.7 Å². The largest absolute Gasteiger partial charge is 0.492 e. The minimum absolute atomic E-state index is 0.600. The number of hydrogen-bond acceptors (Lipinski definition) is 5. The van der Waals surface area contributed by atoms with Crippen molar-refractivity contribution in [1.82, 2.24) is 9.97 Å². The van der Waals surface area contributed by atoms with Crippen LogP contribution in [0.2, 0.25) is 0 Å². The molecule has 0 saturated carbocycles. The van der Waals surface area contributed by atoms with Crippen molar-refractivity contribution in [1.29, 1.82) is 0 Å². The first-order valence-corrected chi connectivity index (χ1v) is 6.90. The van der Waals surface area contributed by atoms with Gasteiger partial charge in [-0.2, -0.15) is 0 Å². The van der Waals surface area contributed by atoms with Gasteiger partial charge in [-0.3, -0.25) is 0 Å². The van der Waals surface area contributed by atoms with Crippen LogP contribution in [0.4, 0.5) is 5.82 Å². The van der Waals surface area contributed by atoms with Crippen LogP contribution in [0.25, 0.3) is 0 Å². The molecular formula is C13H15N3OS. The number of hydrogen-bond donors (Lipinski definition) is 1. The zero-order chi connectivity index (χ0) is 12.6. The van der Waals surface area contributed by atoms with E-state index >= 15 is 0 Å². The Hall–Kier alpha value is -1.75. The quantitative estimate of drug-likeness (QED) is 0.492. The van der Waals surface area contributed by atoms with Crippen LogP contribution in [-0.2, 0) is 0 Å². The van der Waals surface area contributed by atoms with Crippen LogP contribution >= 0.6 is 11.8 Å². The molecule has 0 fully saturated rings. The summed E-state index contributed by atoms with van der Waals surface area (Å²) >= 11 is 1.53. The van der Waals surface area contributed by atoms with Crippen molar-refractivity contribution in [3.8, 4) is 5.75 Å². The summed E-state index contributed by atoms with van der Waals surface area (Å²) in [5.74, 6) is 1.71. The number of nitrogens with zero attached hydrogens (tertiary/aromatic N) is 2. The van der Waals surface area contributed by atoms with E-state index in [1.54, 1.807) is 6.20 Å². The van der Waals surface area contributed by atoms with Gasteiger partial charge in [0.1, 0.15) is 18.2 Å². The molecule has 1 aromatic heterocycles. The predicted molar refractivity (Wildman–Crippen MR) is 74.2 cm³/mol.